The summed E-state index contributed by atoms with van der Waals surface area (Å²) in [5.41, 5.74) is 2.14. The second-order valence-electron chi connectivity index (χ2n) is 14.8. The van der Waals surface area contributed by atoms with Crippen LogP contribution >= 0.6 is 0 Å². The fraction of sp³-hybridized carbons (Fsp3) is 0.639. The molecule has 4 N–H and O–H groups in total. The van der Waals surface area contributed by atoms with E-state index in [1.807, 2.05) is 39.1 Å². The molecule has 2 heterocycles. The molecule has 1 aliphatic heterocycles. The Bertz CT molecular complexity index is 1320. The quantitative estimate of drug-likeness (QED) is 0.297. The van der Waals surface area contributed by atoms with E-state index in [4.69, 9.17) is 0 Å². The highest BCUT2D eigenvalue weighted by Gasteiger charge is 2.38. The van der Waals surface area contributed by atoms with Gasteiger partial charge in [-0.15, -0.1) is 0 Å². The van der Waals surface area contributed by atoms with Crippen molar-refractivity contribution in [2.45, 2.75) is 109 Å². The maximum atomic E-state index is 14.1. The number of carbonyl (C=O) groups excluding carboxylic acids is 2. The number of aromatic nitrogens is 1. The van der Waals surface area contributed by atoms with E-state index in [1.165, 1.54) is 18.6 Å². The van der Waals surface area contributed by atoms with E-state index in [-0.39, 0.29) is 24.8 Å². The number of nitrogens with one attached hydrogen (secondary N) is 2. The summed E-state index contributed by atoms with van der Waals surface area (Å²) in [6.07, 6.45) is 8.83. The van der Waals surface area contributed by atoms with Gasteiger partial charge in [0.1, 0.15) is 11.9 Å². The molecule has 2 aliphatic carbocycles. The summed E-state index contributed by atoms with van der Waals surface area (Å²) < 4.78 is 14.1. The van der Waals surface area contributed by atoms with E-state index >= 15 is 0 Å². The number of aliphatic hydroxyl groups is 2. The number of nitrogens with zero attached hydrogens (tertiary/aromatic N) is 3. The number of aliphatic hydroxyl groups excluding tert-OH is 2. The van der Waals surface area contributed by atoms with Crippen LogP contribution in [0.15, 0.2) is 42.7 Å². The second kappa shape index (κ2) is 15.3. The maximum Gasteiger partial charge on any atom is 0.239 e. The number of amides is 2. The number of piperazine rings is 1. The van der Waals surface area contributed by atoms with Crippen molar-refractivity contribution in [2.75, 3.05) is 26.2 Å². The molecule has 0 bridgehead atoms. The predicted molar refractivity (Wildman–Crippen MR) is 175 cm³/mol. The Morgan fingerprint density at radius 3 is 2.63 bits per heavy atom. The van der Waals surface area contributed by atoms with Crippen molar-refractivity contribution in [1.82, 2.24) is 25.4 Å². The van der Waals surface area contributed by atoms with Crippen molar-refractivity contribution < 1.29 is 24.2 Å². The monoisotopic (exact) mass is 637 g/mol. The fourth-order valence-electron chi connectivity index (χ4n) is 7.54. The number of hydrogen-bond acceptors (Lipinski definition) is 7. The summed E-state index contributed by atoms with van der Waals surface area (Å²) in [6.45, 7) is 8.71. The van der Waals surface area contributed by atoms with Gasteiger partial charge in [0, 0.05) is 63.0 Å². The lowest BCUT2D eigenvalue weighted by atomic mass is 9.80. The van der Waals surface area contributed by atoms with Crippen LogP contribution in [-0.2, 0) is 22.6 Å². The third-order valence-electron chi connectivity index (χ3n) is 9.77. The molecule has 0 spiro atoms. The molecule has 5 atom stereocenters. The van der Waals surface area contributed by atoms with Crippen LogP contribution in [0.4, 0.5) is 4.39 Å². The molecule has 46 heavy (non-hydrogen) atoms. The van der Waals surface area contributed by atoms with Gasteiger partial charge in [0.15, 0.2) is 0 Å². The van der Waals surface area contributed by atoms with Gasteiger partial charge >= 0.3 is 0 Å². The molecule has 1 aromatic carbocycles. The van der Waals surface area contributed by atoms with Crippen LogP contribution in [0.25, 0.3) is 0 Å². The summed E-state index contributed by atoms with van der Waals surface area (Å²) in [6, 6.07) is 7.27. The van der Waals surface area contributed by atoms with E-state index in [9.17, 15) is 24.2 Å². The molecular weight excluding hydrogens is 585 g/mol. The lowest BCUT2D eigenvalue weighted by Crippen LogP contribution is -2.61. The van der Waals surface area contributed by atoms with Crippen LogP contribution < -0.4 is 10.6 Å². The molecule has 3 aliphatic rings. The molecule has 2 fully saturated rings. The van der Waals surface area contributed by atoms with Gasteiger partial charge in [-0.1, -0.05) is 44.2 Å². The predicted octanol–water partition coefficient (Wildman–Crippen LogP) is 3.73. The highest BCUT2D eigenvalue weighted by Crippen LogP contribution is 2.35. The van der Waals surface area contributed by atoms with Gasteiger partial charge in [0.05, 0.1) is 18.2 Å². The smallest absolute Gasteiger partial charge is 0.239 e. The van der Waals surface area contributed by atoms with Gasteiger partial charge in [-0.05, 0) is 74.4 Å². The number of halogens is 1. The Hall–Kier alpha value is -2.92. The first-order valence-electron chi connectivity index (χ1n) is 17.1. The Balaban J connectivity index is 1.27. The van der Waals surface area contributed by atoms with Crippen molar-refractivity contribution in [3.8, 4) is 0 Å². The highest BCUT2D eigenvalue weighted by atomic mass is 19.1. The summed E-state index contributed by atoms with van der Waals surface area (Å²) in [5, 5.41) is 28.5. The van der Waals surface area contributed by atoms with Crippen molar-refractivity contribution in [3.63, 3.8) is 0 Å². The number of carbonyl (C=O) groups is 2. The lowest BCUT2D eigenvalue weighted by Gasteiger charge is -2.42. The van der Waals surface area contributed by atoms with Gasteiger partial charge in [-0.3, -0.25) is 24.4 Å². The third-order valence-corrected chi connectivity index (χ3v) is 9.77. The normalized spacial score (nSPS) is 24.3. The highest BCUT2D eigenvalue weighted by molar-refractivity contribution is 5.83. The van der Waals surface area contributed by atoms with E-state index in [2.05, 4.69) is 25.4 Å². The zero-order valence-electron chi connectivity index (χ0n) is 27.6. The summed E-state index contributed by atoms with van der Waals surface area (Å²) >= 11 is 0. The molecule has 0 radical (unpaired) electrons. The Kier molecular flexibility index (Phi) is 11.5. The third kappa shape index (κ3) is 9.33. The summed E-state index contributed by atoms with van der Waals surface area (Å²) in [7, 11) is 0. The molecule has 0 unspecified atom stereocenters. The topological polar surface area (TPSA) is 118 Å². The first-order chi connectivity index (χ1) is 21.9. The first-order valence-corrected chi connectivity index (χ1v) is 17.1. The van der Waals surface area contributed by atoms with Crippen molar-refractivity contribution >= 4 is 11.8 Å². The average Bonchev–Trinajstić information content (AvgIpc) is 3.31. The van der Waals surface area contributed by atoms with Gasteiger partial charge in [0.2, 0.25) is 11.8 Å². The minimum absolute atomic E-state index is 0.0757. The average molecular weight is 638 g/mol. The largest absolute Gasteiger partial charge is 0.392 e. The molecule has 1 saturated carbocycles. The van der Waals surface area contributed by atoms with Crippen LogP contribution in [0, 0.1) is 17.7 Å². The first kappa shape index (κ1) is 34.4. The van der Waals surface area contributed by atoms with Crippen LogP contribution in [0.3, 0.4) is 0 Å². The van der Waals surface area contributed by atoms with Gasteiger partial charge in [-0.2, -0.15) is 0 Å². The van der Waals surface area contributed by atoms with E-state index in [0.717, 1.165) is 43.4 Å². The van der Waals surface area contributed by atoms with E-state index in [1.54, 1.807) is 12.3 Å². The van der Waals surface area contributed by atoms with E-state index < -0.39 is 41.6 Å². The molecule has 5 rings (SSSR count). The van der Waals surface area contributed by atoms with Gasteiger partial charge in [0.25, 0.3) is 0 Å². The van der Waals surface area contributed by atoms with Crippen LogP contribution in [0.2, 0.25) is 0 Å². The molecule has 2 amide bonds. The number of β-amino-alcohol motifs (C(OH)–C–C–N with tert-alkyl or cyclic N) is 1. The summed E-state index contributed by atoms with van der Waals surface area (Å²) in [5.74, 6) is -0.748. The number of pyridine rings is 1. The fourth-order valence-corrected chi connectivity index (χ4v) is 7.54. The molecule has 2 aromatic rings. The Morgan fingerprint density at radius 1 is 1.13 bits per heavy atom. The Morgan fingerprint density at radius 2 is 1.91 bits per heavy atom. The molecule has 10 heteroatoms. The van der Waals surface area contributed by atoms with Crippen LogP contribution in [0.1, 0.15) is 88.4 Å². The number of hydrogen-bond donors (Lipinski definition) is 4. The SMILES string of the molecule is CC(C)(C)NC(=O)[C@@H]1CN(Cc2cccnc2)CCN1C[C@@H](O)C[C@@H](CC1CCCCC1)C(=O)N[C@H]1c2cc(F)ccc2C[C@H]1O. The van der Waals surface area contributed by atoms with Crippen molar-refractivity contribution in [2.24, 2.45) is 11.8 Å². The maximum absolute atomic E-state index is 14.1. The molecule has 252 valence electrons. The second-order valence-corrected chi connectivity index (χ2v) is 14.8. The molecular formula is C36H52FN5O4. The van der Waals surface area contributed by atoms with Gasteiger partial charge < -0.3 is 20.8 Å². The summed E-state index contributed by atoms with van der Waals surface area (Å²) in [4.78, 5) is 36.0. The van der Waals surface area contributed by atoms with Crippen molar-refractivity contribution in [1.29, 1.82) is 0 Å². The van der Waals surface area contributed by atoms with Crippen molar-refractivity contribution in [3.05, 3.63) is 65.2 Å². The number of fused-ring (bicyclic) bond motifs is 1. The van der Waals surface area contributed by atoms with Crippen LogP contribution in [0.5, 0.6) is 0 Å². The lowest BCUT2D eigenvalue weighted by molar-refractivity contribution is -0.132. The van der Waals surface area contributed by atoms with Gasteiger partial charge in [-0.25, -0.2) is 4.39 Å². The minimum atomic E-state index is -0.828. The molecule has 9 nitrogen and oxygen atoms in total. The number of benzene rings is 1. The van der Waals surface area contributed by atoms with Crippen LogP contribution in [-0.4, -0.2) is 86.8 Å². The zero-order valence-corrected chi connectivity index (χ0v) is 27.6. The molecule has 1 saturated heterocycles. The number of rotatable bonds is 11. The zero-order chi connectivity index (χ0) is 32.8. The molecule has 1 aromatic heterocycles. The Labute approximate surface area is 273 Å². The minimum Gasteiger partial charge on any atom is -0.392 e. The standard InChI is InChI=1S/C36H52FN5O4/c1-36(2,3)40-35(46)31-23-41(21-25-10-7-13-38-20-25)14-15-42(31)22-29(43)17-27(16-24-8-5-4-6-9-24)34(45)39-33-30-19-28(37)12-11-26(30)18-32(33)44/h7,10-13,19-20,24,27,29,31-33,43-44H,4-6,8-9,14-18,21-23H2,1-3H3,(H,39,45)(H,40,46)/t27-,29+,31+,32-,33+/m1/s1. The van der Waals surface area contributed by atoms with E-state index in [0.29, 0.717) is 44.0 Å².